The Bertz CT molecular complexity index is 163. The number of ether oxygens (including phenoxy) is 3. The molecule has 0 aromatic rings. The summed E-state index contributed by atoms with van der Waals surface area (Å²) in [7, 11) is 0. The molecular formula is C11H20O3. The van der Waals surface area contributed by atoms with E-state index in [1.165, 1.54) is 6.42 Å². The van der Waals surface area contributed by atoms with Crippen LogP contribution in [-0.4, -0.2) is 31.7 Å². The maximum Gasteiger partial charge on any atom is 0.147 e. The van der Waals surface area contributed by atoms with Crippen LogP contribution in [0.1, 0.15) is 33.1 Å². The zero-order valence-corrected chi connectivity index (χ0v) is 9.07. The van der Waals surface area contributed by atoms with Crippen molar-refractivity contribution in [2.45, 2.75) is 51.4 Å². The van der Waals surface area contributed by atoms with Gasteiger partial charge in [-0.1, -0.05) is 20.3 Å². The van der Waals surface area contributed by atoms with Gasteiger partial charge in [-0.25, -0.2) is 0 Å². The van der Waals surface area contributed by atoms with Crippen LogP contribution in [0.15, 0.2) is 0 Å². The van der Waals surface area contributed by atoms with Crippen LogP contribution in [0.3, 0.4) is 0 Å². The molecule has 0 aromatic carbocycles. The molecule has 0 bridgehead atoms. The van der Waals surface area contributed by atoms with E-state index in [2.05, 4.69) is 13.8 Å². The van der Waals surface area contributed by atoms with Crippen molar-refractivity contribution in [2.75, 3.05) is 13.4 Å². The summed E-state index contributed by atoms with van der Waals surface area (Å²) >= 11 is 0. The quantitative estimate of drug-likeness (QED) is 0.682. The van der Waals surface area contributed by atoms with Gasteiger partial charge in [0.25, 0.3) is 0 Å². The Balaban J connectivity index is 2.04. The van der Waals surface area contributed by atoms with Gasteiger partial charge in [-0.3, -0.25) is 0 Å². The minimum absolute atomic E-state index is 0.174. The van der Waals surface area contributed by atoms with Crippen LogP contribution < -0.4 is 0 Å². The Morgan fingerprint density at radius 3 is 2.57 bits per heavy atom. The van der Waals surface area contributed by atoms with E-state index >= 15 is 0 Å². The van der Waals surface area contributed by atoms with Crippen LogP contribution in [-0.2, 0) is 14.2 Å². The second kappa shape index (κ2) is 4.60. The summed E-state index contributed by atoms with van der Waals surface area (Å²) in [5.41, 5.74) is 0. The molecule has 2 aliphatic rings. The molecule has 0 saturated carbocycles. The summed E-state index contributed by atoms with van der Waals surface area (Å²) in [6.07, 6.45) is 4.01. The Hall–Kier alpha value is -0.120. The Labute approximate surface area is 85.7 Å². The molecule has 0 radical (unpaired) electrons. The van der Waals surface area contributed by atoms with E-state index in [-0.39, 0.29) is 18.3 Å². The van der Waals surface area contributed by atoms with Gasteiger partial charge in [0, 0.05) is 6.61 Å². The highest BCUT2D eigenvalue weighted by Crippen LogP contribution is 2.32. The summed E-state index contributed by atoms with van der Waals surface area (Å²) in [6, 6.07) is 0. The lowest BCUT2D eigenvalue weighted by molar-refractivity contribution is -0.272. The van der Waals surface area contributed by atoms with E-state index in [0.29, 0.717) is 12.7 Å². The molecule has 2 heterocycles. The number of fused-ring (bicyclic) bond motifs is 1. The van der Waals surface area contributed by atoms with Crippen molar-refractivity contribution in [3.05, 3.63) is 0 Å². The normalized spacial score (nSPS) is 43.3. The predicted molar refractivity (Wildman–Crippen MR) is 53.0 cm³/mol. The fraction of sp³-hybridized carbons (Fsp3) is 1.00. The van der Waals surface area contributed by atoms with Crippen molar-refractivity contribution in [1.29, 1.82) is 0 Å². The first-order valence-corrected chi connectivity index (χ1v) is 5.71. The monoisotopic (exact) mass is 200 g/mol. The van der Waals surface area contributed by atoms with Gasteiger partial charge in [0.15, 0.2) is 0 Å². The summed E-state index contributed by atoms with van der Waals surface area (Å²) in [5, 5.41) is 0. The van der Waals surface area contributed by atoms with Gasteiger partial charge in [-0.2, -0.15) is 0 Å². The molecule has 2 saturated heterocycles. The maximum atomic E-state index is 5.77. The summed E-state index contributed by atoms with van der Waals surface area (Å²) in [6.45, 7) is 5.68. The Morgan fingerprint density at radius 1 is 1.00 bits per heavy atom. The van der Waals surface area contributed by atoms with E-state index in [0.717, 1.165) is 19.4 Å². The van der Waals surface area contributed by atoms with Crippen molar-refractivity contribution in [3.8, 4) is 0 Å². The van der Waals surface area contributed by atoms with Crippen LogP contribution >= 0.6 is 0 Å². The second-order valence-corrected chi connectivity index (χ2v) is 4.15. The first kappa shape index (κ1) is 10.4. The van der Waals surface area contributed by atoms with Crippen LogP contribution in [0.5, 0.6) is 0 Å². The lowest BCUT2D eigenvalue weighted by Crippen LogP contribution is -2.53. The van der Waals surface area contributed by atoms with Crippen molar-refractivity contribution < 1.29 is 14.2 Å². The van der Waals surface area contributed by atoms with Gasteiger partial charge >= 0.3 is 0 Å². The third kappa shape index (κ3) is 1.81. The van der Waals surface area contributed by atoms with Gasteiger partial charge in [0.2, 0.25) is 0 Å². The standard InChI is InChI=1S/C11H20O3/c1-3-8-5-6-12-11-9(4-2)13-7-14-10(8)11/h8-11H,3-7H2,1-2H3/t8-,9+,10?,11?/m1/s1. The molecule has 2 aliphatic heterocycles. The molecule has 14 heavy (non-hydrogen) atoms. The van der Waals surface area contributed by atoms with Gasteiger partial charge in [-0.05, 0) is 18.8 Å². The Kier molecular flexibility index (Phi) is 3.42. The van der Waals surface area contributed by atoms with E-state index in [9.17, 15) is 0 Å². The van der Waals surface area contributed by atoms with Crippen molar-refractivity contribution in [1.82, 2.24) is 0 Å². The molecule has 0 spiro atoms. The van der Waals surface area contributed by atoms with E-state index < -0.39 is 0 Å². The largest absolute Gasteiger partial charge is 0.373 e. The smallest absolute Gasteiger partial charge is 0.147 e. The van der Waals surface area contributed by atoms with Crippen LogP contribution in [0, 0.1) is 5.92 Å². The molecule has 0 aliphatic carbocycles. The number of hydrogen-bond donors (Lipinski definition) is 0. The molecule has 2 unspecified atom stereocenters. The van der Waals surface area contributed by atoms with Gasteiger partial charge in [0.05, 0.1) is 12.2 Å². The topological polar surface area (TPSA) is 27.7 Å². The molecule has 4 atom stereocenters. The van der Waals surface area contributed by atoms with Gasteiger partial charge in [-0.15, -0.1) is 0 Å². The average molecular weight is 200 g/mol. The highest BCUT2D eigenvalue weighted by molar-refractivity contribution is 4.88. The fourth-order valence-electron chi connectivity index (χ4n) is 2.52. The first-order chi connectivity index (χ1) is 6.86. The minimum Gasteiger partial charge on any atom is -0.373 e. The third-order valence-corrected chi connectivity index (χ3v) is 3.42. The summed E-state index contributed by atoms with van der Waals surface area (Å²) in [5.74, 6) is 0.659. The SMILES string of the molecule is CC[C@@H]1CCOC2C1OCO[C@H]2CC. The zero-order chi connectivity index (χ0) is 9.97. The molecule has 0 N–H and O–H groups in total. The fourth-order valence-corrected chi connectivity index (χ4v) is 2.52. The van der Waals surface area contributed by atoms with Crippen molar-refractivity contribution in [2.24, 2.45) is 5.92 Å². The van der Waals surface area contributed by atoms with Crippen LogP contribution in [0.25, 0.3) is 0 Å². The predicted octanol–water partition coefficient (Wildman–Crippen LogP) is 1.95. The van der Waals surface area contributed by atoms with Crippen LogP contribution in [0.2, 0.25) is 0 Å². The summed E-state index contributed by atoms with van der Waals surface area (Å²) in [4.78, 5) is 0. The molecular weight excluding hydrogens is 180 g/mol. The van der Waals surface area contributed by atoms with E-state index in [4.69, 9.17) is 14.2 Å². The molecule has 3 heteroatoms. The molecule has 2 fully saturated rings. The lowest BCUT2D eigenvalue weighted by atomic mass is 9.86. The molecule has 82 valence electrons. The highest BCUT2D eigenvalue weighted by atomic mass is 16.7. The van der Waals surface area contributed by atoms with E-state index in [1.54, 1.807) is 0 Å². The maximum absolute atomic E-state index is 5.77. The summed E-state index contributed by atoms with van der Waals surface area (Å²) < 4.78 is 17.0. The van der Waals surface area contributed by atoms with E-state index in [1.807, 2.05) is 0 Å². The lowest BCUT2D eigenvalue weighted by Gasteiger charge is -2.44. The number of hydrogen-bond acceptors (Lipinski definition) is 3. The third-order valence-electron chi connectivity index (χ3n) is 3.42. The molecule has 2 rings (SSSR count). The Morgan fingerprint density at radius 2 is 1.86 bits per heavy atom. The molecule has 3 nitrogen and oxygen atoms in total. The number of rotatable bonds is 2. The molecule has 0 aromatic heterocycles. The van der Waals surface area contributed by atoms with Crippen molar-refractivity contribution in [3.63, 3.8) is 0 Å². The van der Waals surface area contributed by atoms with Gasteiger partial charge in [0.1, 0.15) is 12.9 Å². The average Bonchev–Trinajstić information content (AvgIpc) is 2.27. The van der Waals surface area contributed by atoms with Crippen molar-refractivity contribution >= 4 is 0 Å². The first-order valence-electron chi connectivity index (χ1n) is 5.71. The van der Waals surface area contributed by atoms with Gasteiger partial charge < -0.3 is 14.2 Å². The van der Waals surface area contributed by atoms with Crippen LogP contribution in [0.4, 0.5) is 0 Å². The highest BCUT2D eigenvalue weighted by Gasteiger charge is 2.41. The zero-order valence-electron chi connectivity index (χ0n) is 9.07. The second-order valence-electron chi connectivity index (χ2n) is 4.15. The molecule has 0 amide bonds. The minimum atomic E-state index is 0.174.